The number of aliphatic imine (C=N–C) groups is 1. The van der Waals surface area contributed by atoms with Gasteiger partial charge < -0.3 is 19.1 Å². The number of nitrogens with zero attached hydrogens (tertiary/aromatic N) is 2. The summed E-state index contributed by atoms with van der Waals surface area (Å²) >= 11 is 3.62. The third kappa shape index (κ3) is 5.97. The molecule has 156 valence electrons. The maximum absolute atomic E-state index is 6.04. The van der Waals surface area contributed by atoms with Gasteiger partial charge in [0, 0.05) is 25.0 Å². The Morgan fingerprint density at radius 2 is 1.90 bits per heavy atom. The van der Waals surface area contributed by atoms with E-state index >= 15 is 0 Å². The fraction of sp³-hybridized carbons (Fsp3) is 0.435. The van der Waals surface area contributed by atoms with Gasteiger partial charge in [0.25, 0.3) is 0 Å². The van der Waals surface area contributed by atoms with Gasteiger partial charge in [0.1, 0.15) is 0 Å². The van der Waals surface area contributed by atoms with Crippen LogP contribution in [0, 0.1) is 0 Å². The molecule has 0 aromatic heterocycles. The highest BCUT2D eigenvalue weighted by molar-refractivity contribution is 9.10. The molecule has 0 spiro atoms. The molecule has 0 bridgehead atoms. The summed E-state index contributed by atoms with van der Waals surface area (Å²) in [6, 6.07) is 12.3. The van der Waals surface area contributed by atoms with Crippen LogP contribution in [0.4, 0.5) is 11.4 Å². The number of hydrogen-bond acceptors (Lipinski definition) is 5. The van der Waals surface area contributed by atoms with Crippen LogP contribution in [0.2, 0.25) is 0 Å². The molecule has 1 aliphatic rings. The highest BCUT2D eigenvalue weighted by Gasteiger charge is 2.14. The summed E-state index contributed by atoms with van der Waals surface area (Å²) in [5, 5.41) is 0. The van der Waals surface area contributed by atoms with E-state index in [0.717, 1.165) is 59.9 Å². The third-order valence-electron chi connectivity index (χ3n) is 4.81. The van der Waals surface area contributed by atoms with Crippen LogP contribution in [-0.4, -0.2) is 45.2 Å². The number of hydrogen-bond donors (Lipinski definition) is 0. The van der Waals surface area contributed by atoms with E-state index in [2.05, 4.69) is 51.8 Å². The molecule has 0 radical (unpaired) electrons. The minimum atomic E-state index is 0.120. The Bertz CT molecular complexity index is 818. The van der Waals surface area contributed by atoms with Crippen molar-refractivity contribution in [2.45, 2.75) is 33.3 Å². The smallest absolute Gasteiger partial charge is 0.175 e. The zero-order valence-electron chi connectivity index (χ0n) is 17.4. The minimum absolute atomic E-state index is 0.120. The van der Waals surface area contributed by atoms with E-state index < -0.39 is 0 Å². The van der Waals surface area contributed by atoms with Gasteiger partial charge in [-0.3, -0.25) is 4.99 Å². The van der Waals surface area contributed by atoms with Crippen molar-refractivity contribution >= 4 is 33.5 Å². The molecule has 0 unspecified atom stereocenters. The predicted octanol–water partition coefficient (Wildman–Crippen LogP) is 5.61. The van der Waals surface area contributed by atoms with Crippen LogP contribution in [0.5, 0.6) is 11.5 Å². The van der Waals surface area contributed by atoms with E-state index in [4.69, 9.17) is 14.2 Å². The largest absolute Gasteiger partial charge is 0.490 e. The lowest BCUT2D eigenvalue weighted by atomic mass is 10.2. The van der Waals surface area contributed by atoms with Gasteiger partial charge in [-0.25, -0.2) is 0 Å². The Balaban J connectivity index is 1.75. The first-order valence-corrected chi connectivity index (χ1v) is 11.0. The lowest BCUT2D eigenvalue weighted by molar-refractivity contribution is 0.122. The normalized spacial score (nSPS) is 15.5. The molecule has 3 rings (SSSR count). The van der Waals surface area contributed by atoms with Crippen LogP contribution in [-0.2, 0) is 4.74 Å². The molecular weight excluding hydrogens is 432 g/mol. The van der Waals surface area contributed by atoms with E-state index in [1.54, 1.807) is 0 Å². The topological polar surface area (TPSA) is 43.3 Å². The number of rotatable bonds is 8. The van der Waals surface area contributed by atoms with Crippen LogP contribution >= 0.6 is 15.9 Å². The minimum Gasteiger partial charge on any atom is -0.490 e. The summed E-state index contributed by atoms with van der Waals surface area (Å²) in [5.74, 6) is 1.47. The Kier molecular flexibility index (Phi) is 7.95. The molecule has 0 aliphatic carbocycles. The molecule has 0 amide bonds. The SMILES string of the molecule is CCOc1cc(C=Nc2ccc(N3CCOCC3)cc2)cc(Br)c1O[C@H](C)CC. The first-order valence-electron chi connectivity index (χ1n) is 10.2. The van der Waals surface area contributed by atoms with Crippen LogP contribution in [0.15, 0.2) is 45.9 Å². The van der Waals surface area contributed by atoms with Gasteiger partial charge >= 0.3 is 0 Å². The molecule has 1 heterocycles. The van der Waals surface area contributed by atoms with Crippen molar-refractivity contribution in [3.63, 3.8) is 0 Å². The van der Waals surface area contributed by atoms with Crippen molar-refractivity contribution in [3.8, 4) is 11.5 Å². The Labute approximate surface area is 181 Å². The van der Waals surface area contributed by atoms with Crippen molar-refractivity contribution in [3.05, 3.63) is 46.4 Å². The second-order valence-corrected chi connectivity index (χ2v) is 7.83. The molecule has 0 saturated carbocycles. The van der Waals surface area contributed by atoms with Gasteiger partial charge in [-0.2, -0.15) is 0 Å². The van der Waals surface area contributed by atoms with Gasteiger partial charge in [-0.05, 0) is 78.2 Å². The molecule has 29 heavy (non-hydrogen) atoms. The van der Waals surface area contributed by atoms with Crippen molar-refractivity contribution in [1.29, 1.82) is 0 Å². The number of morpholine rings is 1. The fourth-order valence-electron chi connectivity index (χ4n) is 3.04. The van der Waals surface area contributed by atoms with Crippen molar-refractivity contribution < 1.29 is 14.2 Å². The van der Waals surface area contributed by atoms with E-state index in [0.29, 0.717) is 6.61 Å². The molecule has 1 saturated heterocycles. The van der Waals surface area contributed by atoms with E-state index in [9.17, 15) is 0 Å². The maximum atomic E-state index is 6.04. The third-order valence-corrected chi connectivity index (χ3v) is 5.40. The Morgan fingerprint density at radius 3 is 2.55 bits per heavy atom. The van der Waals surface area contributed by atoms with Crippen LogP contribution < -0.4 is 14.4 Å². The van der Waals surface area contributed by atoms with Crippen LogP contribution in [0.3, 0.4) is 0 Å². The number of anilines is 1. The van der Waals surface area contributed by atoms with Gasteiger partial charge in [-0.1, -0.05) is 6.92 Å². The van der Waals surface area contributed by atoms with Crippen LogP contribution in [0.1, 0.15) is 32.8 Å². The molecular formula is C23H29BrN2O3. The van der Waals surface area contributed by atoms with Crippen LogP contribution in [0.25, 0.3) is 0 Å². The van der Waals surface area contributed by atoms with E-state index in [1.165, 1.54) is 5.69 Å². The van der Waals surface area contributed by atoms with E-state index in [-0.39, 0.29) is 6.10 Å². The lowest BCUT2D eigenvalue weighted by Gasteiger charge is -2.28. The molecule has 5 nitrogen and oxygen atoms in total. The number of halogens is 1. The van der Waals surface area contributed by atoms with Gasteiger partial charge in [0.2, 0.25) is 0 Å². The predicted molar refractivity (Wildman–Crippen MR) is 122 cm³/mol. The van der Waals surface area contributed by atoms with Gasteiger partial charge in [0.05, 0.1) is 36.1 Å². The Hall–Kier alpha value is -2.05. The first kappa shape index (κ1) is 21.7. The van der Waals surface area contributed by atoms with Crippen molar-refractivity contribution in [2.24, 2.45) is 4.99 Å². The Morgan fingerprint density at radius 1 is 1.17 bits per heavy atom. The quantitative estimate of drug-likeness (QED) is 0.479. The monoisotopic (exact) mass is 460 g/mol. The van der Waals surface area contributed by atoms with Crippen molar-refractivity contribution in [1.82, 2.24) is 0 Å². The second kappa shape index (κ2) is 10.6. The molecule has 1 aliphatic heterocycles. The average molecular weight is 461 g/mol. The van der Waals surface area contributed by atoms with E-state index in [1.807, 2.05) is 37.4 Å². The molecule has 2 aromatic rings. The second-order valence-electron chi connectivity index (χ2n) is 6.97. The maximum Gasteiger partial charge on any atom is 0.175 e. The zero-order valence-corrected chi connectivity index (χ0v) is 18.9. The summed E-state index contributed by atoms with van der Waals surface area (Å²) in [5.41, 5.74) is 3.07. The summed E-state index contributed by atoms with van der Waals surface area (Å²) in [6.45, 7) is 10.1. The number of benzene rings is 2. The lowest BCUT2D eigenvalue weighted by Crippen LogP contribution is -2.36. The standard InChI is InChI=1S/C23H29BrN2O3/c1-4-17(3)29-23-21(24)14-18(15-22(23)28-5-2)16-25-19-6-8-20(9-7-19)26-10-12-27-13-11-26/h6-9,14-17H,4-5,10-13H2,1-3H3/t17-/m1/s1. The fourth-order valence-corrected chi connectivity index (χ4v) is 3.60. The van der Waals surface area contributed by atoms with Gasteiger partial charge in [0.15, 0.2) is 11.5 Å². The molecule has 6 heteroatoms. The first-order chi connectivity index (χ1) is 14.1. The molecule has 0 N–H and O–H groups in total. The molecule has 2 aromatic carbocycles. The summed E-state index contributed by atoms with van der Waals surface area (Å²) < 4.78 is 18.1. The zero-order chi connectivity index (χ0) is 20.6. The highest BCUT2D eigenvalue weighted by Crippen LogP contribution is 2.37. The summed E-state index contributed by atoms with van der Waals surface area (Å²) in [6.07, 6.45) is 2.90. The highest BCUT2D eigenvalue weighted by atomic mass is 79.9. The van der Waals surface area contributed by atoms with Crippen molar-refractivity contribution in [2.75, 3.05) is 37.8 Å². The molecule has 1 fully saturated rings. The summed E-state index contributed by atoms with van der Waals surface area (Å²) in [7, 11) is 0. The summed E-state index contributed by atoms with van der Waals surface area (Å²) in [4.78, 5) is 6.96. The van der Waals surface area contributed by atoms with Gasteiger partial charge in [-0.15, -0.1) is 0 Å². The molecule has 1 atom stereocenters. The average Bonchev–Trinajstić information content (AvgIpc) is 2.75. The number of ether oxygens (including phenoxy) is 3.